The van der Waals surface area contributed by atoms with Crippen LogP contribution in [0, 0.1) is 19.9 Å². The van der Waals surface area contributed by atoms with E-state index in [1.54, 1.807) is 53.4 Å². The number of aryl methyl sites for hydroxylation is 2. The molecular weight excluding hydrogens is 1150 g/mol. The minimum absolute atomic E-state index is 0.00811. The molecule has 72 heavy (non-hydrogen) atoms. The van der Waals surface area contributed by atoms with Gasteiger partial charge in [-0.25, -0.2) is 4.79 Å². The Bertz CT molecular complexity index is 2790. The number of likely N-dealkylation sites (tertiary alicyclic amines) is 1. The Hall–Kier alpha value is -5.51. The third-order valence-corrected chi connectivity index (χ3v) is 11.4. The molecule has 0 radical (unpaired) electrons. The van der Waals surface area contributed by atoms with Crippen LogP contribution in [0.3, 0.4) is 0 Å². The molecule has 0 bridgehead atoms. The first-order chi connectivity index (χ1) is 34.3. The molecule has 2 aromatic heterocycles. The van der Waals surface area contributed by atoms with Gasteiger partial charge >= 0.3 is 40.6 Å². The van der Waals surface area contributed by atoms with Gasteiger partial charge in [-0.05, 0) is 120 Å². The molecule has 0 saturated carbocycles. The molecule has 2 atom stereocenters. The number of ether oxygens (including phenoxy) is 1. The predicted molar refractivity (Wildman–Crippen MR) is 290 cm³/mol. The van der Waals surface area contributed by atoms with E-state index >= 15 is 0 Å². The van der Waals surface area contributed by atoms with Gasteiger partial charge in [-0.15, -0.1) is 0 Å². The van der Waals surface area contributed by atoms with E-state index in [0.29, 0.717) is 70.8 Å². The molecular formula is C49H56Cl3IN14O4Zn. The summed E-state index contributed by atoms with van der Waals surface area (Å²) in [7, 11) is 0. The Morgan fingerprint density at radius 1 is 0.833 bits per heavy atom. The number of primary amides is 2. The molecule has 2 saturated heterocycles. The number of hydrogen-bond donors (Lipinski definition) is 6. The number of hydrogen-bond acceptors (Lipinski definition) is 15. The van der Waals surface area contributed by atoms with E-state index < -0.39 is 17.4 Å². The SMILES string of the molecule is CCN(c1nc(Cl)nc(Nc2cc(C(N)=O)ccc2C)n1)[C@@H]1CCN(C(=O)OC(C)(C)C)C1.Cc1ccc(C(N)=O)cc1Nc1nc(N[C@@H]2CCNC2)nc(-c2cccc(Cl)c2)n1.Clc1c[c-]ccc1.[Zn+][I]. The van der Waals surface area contributed by atoms with E-state index in [2.05, 4.69) is 77.0 Å². The number of rotatable bonds is 12. The summed E-state index contributed by atoms with van der Waals surface area (Å²) in [5.74, 6) is 0.949. The fourth-order valence-corrected chi connectivity index (χ4v) is 7.70. The van der Waals surface area contributed by atoms with Gasteiger partial charge in [0, 0.05) is 65.3 Å². The summed E-state index contributed by atoms with van der Waals surface area (Å²) in [6.45, 7) is 14.8. The van der Waals surface area contributed by atoms with E-state index in [1.807, 2.05) is 82.8 Å². The molecule has 2 aliphatic heterocycles. The molecule has 2 aliphatic rings. The summed E-state index contributed by atoms with van der Waals surface area (Å²) >= 11 is 21.5. The molecule has 0 spiro atoms. The number of halogens is 4. The van der Waals surface area contributed by atoms with Crippen LogP contribution in [0.25, 0.3) is 11.4 Å². The van der Waals surface area contributed by atoms with Crippen molar-refractivity contribution in [2.75, 3.05) is 53.6 Å². The minimum atomic E-state index is -0.550. The first kappa shape index (κ1) is 57.4. The third-order valence-electron chi connectivity index (χ3n) is 10.8. The van der Waals surface area contributed by atoms with Gasteiger partial charge in [0.1, 0.15) is 5.60 Å². The first-order valence-corrected chi connectivity index (χ1v) is 32.9. The molecule has 18 nitrogen and oxygen atoms in total. The number of amides is 3. The maximum absolute atomic E-state index is 12.5. The van der Waals surface area contributed by atoms with Crippen LogP contribution >= 0.6 is 54.6 Å². The van der Waals surface area contributed by atoms with Crippen LogP contribution in [0.5, 0.6) is 0 Å². The Kier molecular flexibility index (Phi) is 21.9. The van der Waals surface area contributed by atoms with Crippen molar-refractivity contribution >= 4 is 108 Å². The molecule has 8 N–H and O–H groups in total. The molecule has 4 aromatic carbocycles. The fourth-order valence-electron chi connectivity index (χ4n) is 7.22. The van der Waals surface area contributed by atoms with E-state index in [0.717, 1.165) is 47.6 Å². The second-order valence-corrected chi connectivity index (χ2v) is 18.5. The van der Waals surface area contributed by atoms with Gasteiger partial charge in [0.15, 0.2) is 5.82 Å². The third kappa shape index (κ3) is 17.6. The van der Waals surface area contributed by atoms with Crippen LogP contribution in [-0.4, -0.2) is 103 Å². The van der Waals surface area contributed by atoms with Crippen molar-refractivity contribution in [2.24, 2.45) is 11.5 Å². The summed E-state index contributed by atoms with van der Waals surface area (Å²) in [4.78, 5) is 66.0. The number of aromatic nitrogens is 6. The monoisotopic (exact) mass is 1200 g/mol. The fraction of sp³-hybridized carbons (Fsp3) is 0.327. The van der Waals surface area contributed by atoms with Gasteiger partial charge in [0.2, 0.25) is 40.9 Å². The average Bonchev–Trinajstić information content (AvgIpc) is 4.05. The molecule has 8 rings (SSSR count). The molecule has 23 heteroatoms. The molecule has 2 fully saturated rings. The van der Waals surface area contributed by atoms with Crippen molar-refractivity contribution in [3.63, 3.8) is 0 Å². The van der Waals surface area contributed by atoms with Crippen LogP contribution in [0.1, 0.15) is 72.4 Å². The van der Waals surface area contributed by atoms with Crippen LogP contribution in [-0.2, 0) is 19.5 Å². The van der Waals surface area contributed by atoms with Crippen LogP contribution in [0.15, 0.2) is 84.9 Å². The van der Waals surface area contributed by atoms with Crippen molar-refractivity contribution < 1.29 is 33.9 Å². The maximum atomic E-state index is 12.5. The zero-order valence-corrected chi connectivity index (χ0v) is 48.2. The number of likely N-dealkylation sites (N-methyl/N-ethyl adjacent to an activating group) is 1. The van der Waals surface area contributed by atoms with Gasteiger partial charge in [-0.3, -0.25) is 9.59 Å². The van der Waals surface area contributed by atoms with Gasteiger partial charge in [0.05, 0.1) is 6.04 Å². The van der Waals surface area contributed by atoms with Crippen molar-refractivity contribution in [3.8, 4) is 11.4 Å². The quantitative estimate of drug-likeness (QED) is 0.0379. The van der Waals surface area contributed by atoms with E-state index in [1.165, 1.54) is 14.8 Å². The van der Waals surface area contributed by atoms with Gasteiger partial charge in [-0.2, -0.15) is 71.8 Å². The number of nitrogens with zero attached hydrogens (tertiary/aromatic N) is 8. The molecule has 6 aromatic rings. The van der Waals surface area contributed by atoms with Crippen LogP contribution in [0.2, 0.25) is 15.3 Å². The normalized spacial score (nSPS) is 14.8. The number of carbonyl (C=O) groups is 3. The summed E-state index contributed by atoms with van der Waals surface area (Å²) < 4.78 is 5.49. The zero-order valence-electron chi connectivity index (χ0n) is 40.8. The molecule has 0 aliphatic carbocycles. The summed E-state index contributed by atoms with van der Waals surface area (Å²) in [5, 5.41) is 14.4. The Morgan fingerprint density at radius 2 is 1.46 bits per heavy atom. The number of anilines is 6. The van der Waals surface area contributed by atoms with Crippen molar-refractivity contribution in [3.05, 3.63) is 129 Å². The first-order valence-electron chi connectivity index (χ1n) is 22.7. The van der Waals surface area contributed by atoms with Gasteiger partial charge in [0.25, 0.3) is 0 Å². The Labute approximate surface area is 455 Å². The Morgan fingerprint density at radius 3 is 1.99 bits per heavy atom. The van der Waals surface area contributed by atoms with Crippen molar-refractivity contribution in [2.45, 2.75) is 72.1 Å². The van der Waals surface area contributed by atoms with Crippen molar-refractivity contribution in [1.82, 2.24) is 40.1 Å². The second-order valence-electron chi connectivity index (χ2n) is 17.3. The van der Waals surface area contributed by atoms with E-state index in [9.17, 15) is 14.4 Å². The van der Waals surface area contributed by atoms with Crippen LogP contribution < -0.4 is 37.6 Å². The number of carbonyl (C=O) groups excluding carboxylic acids is 3. The van der Waals surface area contributed by atoms with Crippen LogP contribution in [0.4, 0.5) is 40.0 Å². The number of benzene rings is 4. The topological polar surface area (TPSA) is 244 Å². The summed E-state index contributed by atoms with van der Waals surface area (Å²) in [6, 6.07) is 27.9. The predicted octanol–water partition coefficient (Wildman–Crippen LogP) is 9.65. The number of nitrogens with two attached hydrogens (primary N) is 2. The standard InChI is InChI=1S/C22H30ClN7O3.C21H22ClN7O.C6H4Cl.HI.Zn/c1-6-30(15-9-10-29(12-15)21(32)33-22(3,4)5)20-27-18(23)26-19(28-20)25-16-11-14(17(24)31)8-7-13(16)2;1-12-5-6-13(18(23)30)10-17(12)26-21-28-19(14-3-2-4-15(22)9-14)27-20(29-21)25-16-7-8-24-11-16;7-6-4-2-1-3-5-6;;/h7-8,11,15H,6,9-10,12H2,1-5H3,(H2,24,31)(H,25,26,27,28);2-6,9-10,16,24H,7-8,11H2,1H3,(H2,23,30)(H2,25,26,27,28,29);1-2,4-5H;1H;/q;;-1;;+2/p-1/t15-;16-;;;/m11.../s1. The van der Waals surface area contributed by atoms with E-state index in [4.69, 9.17) is 51.0 Å². The number of nitrogens with one attached hydrogen (secondary N) is 4. The van der Waals surface area contributed by atoms with Crippen molar-refractivity contribution in [1.29, 1.82) is 0 Å². The molecule has 0 unspecified atom stereocenters. The van der Waals surface area contributed by atoms with E-state index in [-0.39, 0.29) is 29.4 Å². The Balaban J connectivity index is 0.000000229. The van der Waals surface area contributed by atoms with Gasteiger partial charge in [-0.1, -0.05) is 40.9 Å². The summed E-state index contributed by atoms with van der Waals surface area (Å²) in [6.07, 6.45) is 1.40. The molecule has 3 amide bonds. The zero-order chi connectivity index (χ0) is 52.5. The molecule has 376 valence electrons. The molecule has 4 heterocycles. The summed E-state index contributed by atoms with van der Waals surface area (Å²) in [5.41, 5.74) is 15.0. The average molecular weight is 1200 g/mol. The van der Waals surface area contributed by atoms with Gasteiger partial charge < -0.3 is 47.3 Å². The second kappa shape index (κ2) is 27.5.